The number of carbonyl (C=O) groups excluding carboxylic acids is 1. The van der Waals surface area contributed by atoms with Crippen LogP contribution >= 0.6 is 11.3 Å². The molecule has 286 valence electrons. The number of fused-ring (bicyclic) bond motifs is 4. The van der Waals surface area contributed by atoms with E-state index in [0.717, 1.165) is 77.4 Å². The molecule has 1 saturated heterocycles. The Morgan fingerprint density at radius 3 is 2.15 bits per heavy atom. The molecule has 4 aromatic rings. The van der Waals surface area contributed by atoms with Crippen molar-refractivity contribution in [1.82, 2.24) is 9.80 Å². The van der Waals surface area contributed by atoms with Crippen molar-refractivity contribution >= 4 is 46.2 Å². The van der Waals surface area contributed by atoms with Crippen molar-refractivity contribution < 1.29 is 39.2 Å². The first-order chi connectivity index (χ1) is 26.4. The van der Waals surface area contributed by atoms with Crippen molar-refractivity contribution in [1.29, 1.82) is 0 Å². The van der Waals surface area contributed by atoms with E-state index >= 15 is 0 Å². The lowest BCUT2D eigenvalue weighted by atomic mass is 9.88. The van der Waals surface area contributed by atoms with Crippen LogP contribution in [0.3, 0.4) is 0 Å². The highest BCUT2D eigenvalue weighted by Gasteiger charge is 2.27. The third kappa shape index (κ3) is 11.0. The lowest BCUT2D eigenvalue weighted by Gasteiger charge is -2.27. The van der Waals surface area contributed by atoms with Crippen LogP contribution in [0.5, 0.6) is 5.75 Å². The second kappa shape index (κ2) is 19.1. The van der Waals surface area contributed by atoms with Gasteiger partial charge in [-0.2, -0.15) is 0 Å². The number of thiophene rings is 1. The molecule has 0 amide bonds. The number of ketones is 1. The highest BCUT2D eigenvalue weighted by atomic mass is 32.1. The van der Waals surface area contributed by atoms with Gasteiger partial charge in [0.25, 0.3) is 0 Å². The summed E-state index contributed by atoms with van der Waals surface area (Å²) < 4.78 is 5.99. The Morgan fingerprint density at radius 1 is 0.836 bits per heavy atom. The van der Waals surface area contributed by atoms with Crippen molar-refractivity contribution in [2.24, 2.45) is 0 Å². The number of rotatable bonds is 7. The van der Waals surface area contributed by atoms with Gasteiger partial charge in [0, 0.05) is 49.3 Å². The van der Waals surface area contributed by atoms with Crippen LogP contribution < -0.4 is 4.74 Å². The molecule has 0 unspecified atom stereocenters. The molecule has 0 bridgehead atoms. The number of nitrogens with zero attached hydrogens (tertiary/aromatic N) is 2. The van der Waals surface area contributed by atoms with Crippen molar-refractivity contribution in [3.63, 3.8) is 0 Å². The first-order valence-electron chi connectivity index (χ1n) is 18.1. The molecule has 3 heterocycles. The molecule has 10 nitrogen and oxygen atoms in total. The number of benzene rings is 3. The van der Waals surface area contributed by atoms with Gasteiger partial charge in [-0.15, -0.1) is 11.3 Å². The molecule has 3 aliphatic rings. The second-order valence-corrected chi connectivity index (χ2v) is 14.7. The number of hydrogen-bond acceptors (Lipinski definition) is 8. The van der Waals surface area contributed by atoms with Crippen LogP contribution in [-0.2, 0) is 33.8 Å². The summed E-state index contributed by atoms with van der Waals surface area (Å²) >= 11 is 1.59. The van der Waals surface area contributed by atoms with E-state index < -0.39 is 17.9 Å². The van der Waals surface area contributed by atoms with E-state index in [0.29, 0.717) is 25.2 Å². The van der Waals surface area contributed by atoms with Crippen LogP contribution in [0, 0.1) is 0 Å². The van der Waals surface area contributed by atoms with Gasteiger partial charge in [0.15, 0.2) is 5.78 Å². The SMILES string of the molecule is CN(C)CC/C=C1/c2ccccc2COc2ccc(CC(=O)O)cc21.CN1CCC(=C2c3ccccc3CC(=O)c3sccc32)CC1.O=C(O)/C=C/C(=O)O. The Morgan fingerprint density at radius 2 is 1.49 bits per heavy atom. The number of carboxylic acid groups (broad SMARTS) is 3. The van der Waals surface area contributed by atoms with Gasteiger partial charge in [0.1, 0.15) is 12.4 Å². The lowest BCUT2D eigenvalue weighted by Crippen LogP contribution is -2.27. The molecule has 0 spiro atoms. The van der Waals surface area contributed by atoms with E-state index in [9.17, 15) is 19.2 Å². The summed E-state index contributed by atoms with van der Waals surface area (Å²) in [5.74, 6) is -2.27. The molecule has 3 N–H and O–H groups in total. The minimum absolute atomic E-state index is 0.0138. The Balaban J connectivity index is 0.000000178. The van der Waals surface area contributed by atoms with E-state index in [1.54, 1.807) is 11.3 Å². The smallest absolute Gasteiger partial charge is 0.328 e. The third-order valence-electron chi connectivity index (χ3n) is 9.44. The number of ether oxygens (including phenoxy) is 1. The largest absolute Gasteiger partial charge is 0.488 e. The Kier molecular flexibility index (Phi) is 14.1. The Labute approximate surface area is 325 Å². The summed E-state index contributed by atoms with van der Waals surface area (Å²) in [4.78, 5) is 48.3. The van der Waals surface area contributed by atoms with Crippen molar-refractivity contribution in [3.8, 4) is 5.75 Å². The minimum atomic E-state index is -1.26. The van der Waals surface area contributed by atoms with Crippen LogP contribution in [0.15, 0.2) is 102 Å². The minimum Gasteiger partial charge on any atom is -0.488 e. The number of aliphatic carboxylic acids is 3. The maximum Gasteiger partial charge on any atom is 0.328 e. The highest BCUT2D eigenvalue weighted by Crippen LogP contribution is 2.41. The number of Topliss-reactive ketones (excluding diaryl/α,β-unsaturated/α-hetero) is 1. The second-order valence-electron chi connectivity index (χ2n) is 13.8. The molecule has 55 heavy (non-hydrogen) atoms. The van der Waals surface area contributed by atoms with Gasteiger partial charge in [-0.25, -0.2) is 9.59 Å². The summed E-state index contributed by atoms with van der Waals surface area (Å²) in [7, 11) is 6.30. The predicted octanol–water partition coefficient (Wildman–Crippen LogP) is 7.32. The number of likely N-dealkylation sites (tertiary alicyclic amines) is 1. The summed E-state index contributed by atoms with van der Waals surface area (Å²) in [5, 5.41) is 26.8. The van der Waals surface area contributed by atoms with Crippen molar-refractivity contribution in [2.45, 2.75) is 38.7 Å². The van der Waals surface area contributed by atoms with Gasteiger partial charge >= 0.3 is 17.9 Å². The van der Waals surface area contributed by atoms with Crippen LogP contribution in [0.2, 0.25) is 0 Å². The Hall–Kier alpha value is -5.62. The van der Waals surface area contributed by atoms with E-state index in [2.05, 4.69) is 78.8 Å². The predicted molar refractivity (Wildman–Crippen MR) is 215 cm³/mol. The molecule has 0 saturated carbocycles. The number of piperidine rings is 1. The van der Waals surface area contributed by atoms with Crippen molar-refractivity contribution in [3.05, 3.63) is 146 Å². The van der Waals surface area contributed by atoms with Crippen LogP contribution in [0.25, 0.3) is 11.1 Å². The fourth-order valence-electron chi connectivity index (χ4n) is 6.80. The molecule has 0 radical (unpaired) electrons. The van der Waals surface area contributed by atoms with Crippen LogP contribution in [0.4, 0.5) is 0 Å². The monoisotopic (exact) mass is 762 g/mol. The zero-order chi connectivity index (χ0) is 39.5. The van der Waals surface area contributed by atoms with E-state index in [1.165, 1.54) is 27.8 Å². The molecule has 0 atom stereocenters. The van der Waals surface area contributed by atoms with E-state index in [4.69, 9.17) is 20.1 Å². The molecule has 1 aliphatic carbocycles. The molecule has 11 heteroatoms. The summed E-state index contributed by atoms with van der Waals surface area (Å²) in [5.41, 5.74) is 11.7. The fraction of sp³-hybridized carbons (Fsp3) is 0.273. The molecular weight excluding hydrogens is 717 g/mol. The summed E-state index contributed by atoms with van der Waals surface area (Å²) in [6.45, 7) is 3.69. The van der Waals surface area contributed by atoms with Gasteiger partial charge in [-0.3, -0.25) is 9.59 Å². The average Bonchev–Trinajstić information content (AvgIpc) is 3.53. The number of carbonyl (C=O) groups is 4. The number of hydrogen-bond donors (Lipinski definition) is 3. The first kappa shape index (κ1) is 40.6. The van der Waals surface area contributed by atoms with Gasteiger partial charge < -0.3 is 29.9 Å². The lowest BCUT2D eigenvalue weighted by molar-refractivity contribution is -0.136. The average molecular weight is 763 g/mol. The molecule has 2 aliphatic heterocycles. The summed E-state index contributed by atoms with van der Waals surface area (Å²) in [6, 6.07) is 24.5. The normalized spacial score (nSPS) is 15.6. The first-order valence-corrected chi connectivity index (χ1v) is 18.9. The van der Waals surface area contributed by atoms with E-state index in [-0.39, 0.29) is 12.2 Å². The van der Waals surface area contributed by atoms with Crippen LogP contribution in [-0.4, -0.2) is 89.6 Å². The molecular formula is C44H46N2O8S. The van der Waals surface area contributed by atoms with Gasteiger partial charge in [0.05, 0.1) is 11.3 Å². The topological polar surface area (TPSA) is 145 Å². The maximum absolute atomic E-state index is 12.6. The fourth-order valence-corrected chi connectivity index (χ4v) is 7.64. The van der Waals surface area contributed by atoms with E-state index in [1.807, 2.05) is 36.4 Å². The third-order valence-corrected chi connectivity index (χ3v) is 10.4. The number of carboxylic acids is 3. The standard InChI is InChI=1S/C21H23NO3.C19H19NOS.C4H4O4/c1-22(2)11-5-8-18-17-7-4-3-6-16(17)14-25-20-10-9-15(12-19(18)20)13-21(23)24;1-20-9-6-13(7-10-20)18-15-5-3-2-4-14(15)12-17(21)19-16(18)8-11-22-19;5-3(6)1-2-4(7)8/h3-4,6-10,12H,5,11,13-14H2,1-2H3,(H,23,24);2-5,8,11H,6-7,9-10,12H2,1H3;1-2H,(H,5,6)(H,7,8)/b18-8-;;2-1+. The molecule has 1 aromatic heterocycles. The summed E-state index contributed by atoms with van der Waals surface area (Å²) in [6.07, 6.45) is 7.01. The van der Waals surface area contributed by atoms with Crippen LogP contribution in [0.1, 0.15) is 67.9 Å². The Bertz CT molecular complexity index is 2120. The molecule has 1 fully saturated rings. The van der Waals surface area contributed by atoms with Crippen molar-refractivity contribution in [2.75, 3.05) is 40.8 Å². The maximum atomic E-state index is 12.6. The zero-order valence-corrected chi connectivity index (χ0v) is 32.1. The van der Waals surface area contributed by atoms with Gasteiger partial charge in [0.2, 0.25) is 0 Å². The quantitative estimate of drug-likeness (QED) is 0.164. The zero-order valence-electron chi connectivity index (χ0n) is 31.3. The molecule has 3 aromatic carbocycles. The highest BCUT2D eigenvalue weighted by molar-refractivity contribution is 7.12. The van der Waals surface area contributed by atoms with Gasteiger partial charge in [-0.05, 0) is 103 Å². The van der Waals surface area contributed by atoms with Gasteiger partial charge in [-0.1, -0.05) is 66.2 Å². The molecule has 7 rings (SSSR count).